The first-order chi connectivity index (χ1) is 9.15. The Hall–Kier alpha value is -1.11. The van der Waals surface area contributed by atoms with Gasteiger partial charge in [-0.15, -0.1) is 11.3 Å². The Bertz CT molecular complexity index is 485. The molecule has 0 spiro atoms. The lowest BCUT2D eigenvalue weighted by Crippen LogP contribution is -2.15. The van der Waals surface area contributed by atoms with E-state index in [0.717, 1.165) is 15.2 Å². The molecule has 0 radical (unpaired) electrons. The van der Waals surface area contributed by atoms with Crippen LogP contribution >= 0.6 is 11.3 Å². The van der Waals surface area contributed by atoms with Crippen molar-refractivity contribution in [2.75, 3.05) is 13.2 Å². The molecule has 0 saturated carbocycles. The minimum atomic E-state index is -2.46. The van der Waals surface area contributed by atoms with Crippen molar-refractivity contribution in [2.24, 2.45) is 0 Å². The van der Waals surface area contributed by atoms with Gasteiger partial charge in [0, 0.05) is 13.0 Å². The molecule has 2 rings (SSSR count). The molecule has 0 fully saturated rings. The van der Waals surface area contributed by atoms with E-state index < -0.39 is 19.1 Å². The van der Waals surface area contributed by atoms with Crippen LogP contribution in [0.1, 0.15) is 11.4 Å². The van der Waals surface area contributed by atoms with Crippen LogP contribution in [0.3, 0.4) is 0 Å². The number of halogens is 2. The van der Waals surface area contributed by atoms with Gasteiger partial charge < -0.3 is 9.84 Å². The highest BCUT2D eigenvalue weighted by Crippen LogP contribution is 2.22. The Morgan fingerprint density at radius 2 is 2.11 bits per heavy atom. The monoisotopic (exact) mass is 287 g/mol. The third kappa shape index (κ3) is 4.49. The minimum absolute atomic E-state index is 0.135. The summed E-state index contributed by atoms with van der Waals surface area (Å²) in [5.41, 5.74) is 0.920. The normalized spacial score (nSPS) is 13.3. The van der Waals surface area contributed by atoms with Crippen LogP contribution < -0.4 is 0 Å². The van der Waals surface area contributed by atoms with E-state index in [-0.39, 0.29) is 6.61 Å². The molecular weight excluding hydrogens is 272 g/mol. The van der Waals surface area contributed by atoms with Gasteiger partial charge in [-0.05, 0) is 18.6 Å². The molecule has 1 aromatic carbocycles. The largest absolute Gasteiger partial charge is 0.393 e. The van der Waals surface area contributed by atoms with Crippen LogP contribution in [0.4, 0.5) is 8.78 Å². The van der Waals surface area contributed by atoms with Crippen LogP contribution in [0.15, 0.2) is 24.3 Å². The van der Waals surface area contributed by atoms with Gasteiger partial charge in [0.15, 0.2) is 0 Å². The summed E-state index contributed by atoms with van der Waals surface area (Å²) in [5.74, 6) is 0. The number of hydrogen-bond acceptors (Lipinski definition) is 4. The summed E-state index contributed by atoms with van der Waals surface area (Å²) in [6, 6.07) is 7.77. The van der Waals surface area contributed by atoms with Gasteiger partial charge in [-0.3, -0.25) is 0 Å². The molecule has 1 atom stereocenters. The molecule has 2 aromatic rings. The molecule has 0 bridgehead atoms. The Balaban J connectivity index is 1.80. The first-order valence-electron chi connectivity index (χ1n) is 6.03. The summed E-state index contributed by atoms with van der Waals surface area (Å²) >= 11 is 1.54. The van der Waals surface area contributed by atoms with Gasteiger partial charge in [0.1, 0.15) is 6.61 Å². The number of aliphatic hydroxyl groups excluding tert-OH is 1. The maximum absolute atomic E-state index is 11.8. The number of ether oxygens (including phenoxy) is 1. The zero-order valence-electron chi connectivity index (χ0n) is 10.3. The quantitative estimate of drug-likeness (QED) is 0.796. The number of fused-ring (bicyclic) bond motifs is 1. The van der Waals surface area contributed by atoms with Crippen LogP contribution in [0, 0.1) is 0 Å². The molecule has 19 heavy (non-hydrogen) atoms. The average Bonchev–Trinajstić information content (AvgIpc) is 2.76. The Morgan fingerprint density at radius 1 is 1.32 bits per heavy atom. The standard InChI is InChI=1S/C13H15F2NO2S/c14-12(15)8-18-6-5-9(17)7-13-16-10-3-1-2-4-11(10)19-13/h1-4,9,12,17H,5-8H2. The van der Waals surface area contributed by atoms with Gasteiger partial charge in [-0.25, -0.2) is 13.8 Å². The number of thiazole rings is 1. The smallest absolute Gasteiger partial charge is 0.261 e. The Kier molecular flexibility index (Phi) is 5.18. The number of nitrogens with zero attached hydrogens (tertiary/aromatic N) is 1. The first kappa shape index (κ1) is 14.3. The summed E-state index contributed by atoms with van der Waals surface area (Å²) < 4.78 is 29.5. The van der Waals surface area contributed by atoms with Gasteiger partial charge in [0.25, 0.3) is 6.43 Å². The molecule has 1 unspecified atom stereocenters. The van der Waals surface area contributed by atoms with E-state index in [1.807, 2.05) is 24.3 Å². The highest BCUT2D eigenvalue weighted by Gasteiger charge is 2.10. The van der Waals surface area contributed by atoms with E-state index in [1.165, 1.54) is 11.3 Å². The minimum Gasteiger partial charge on any atom is -0.393 e. The summed E-state index contributed by atoms with van der Waals surface area (Å²) in [5, 5.41) is 10.6. The number of rotatable bonds is 7. The van der Waals surface area contributed by atoms with E-state index in [2.05, 4.69) is 4.98 Å². The molecule has 3 nitrogen and oxygen atoms in total. The summed E-state index contributed by atoms with van der Waals surface area (Å²) in [4.78, 5) is 4.41. The lowest BCUT2D eigenvalue weighted by atomic mass is 10.2. The Morgan fingerprint density at radius 3 is 2.84 bits per heavy atom. The molecule has 0 amide bonds. The zero-order valence-corrected chi connectivity index (χ0v) is 11.1. The van der Waals surface area contributed by atoms with E-state index in [1.54, 1.807) is 0 Å². The number of aliphatic hydroxyl groups is 1. The highest BCUT2D eigenvalue weighted by molar-refractivity contribution is 7.18. The van der Waals surface area contributed by atoms with Crippen molar-refractivity contribution in [3.05, 3.63) is 29.3 Å². The molecule has 0 aliphatic rings. The predicted octanol–water partition coefficient (Wildman–Crippen LogP) is 2.87. The van der Waals surface area contributed by atoms with Gasteiger partial charge in [0.2, 0.25) is 0 Å². The third-order valence-corrected chi connectivity index (χ3v) is 3.65. The van der Waals surface area contributed by atoms with Gasteiger partial charge in [-0.2, -0.15) is 0 Å². The van der Waals surface area contributed by atoms with Crippen molar-refractivity contribution >= 4 is 21.6 Å². The second-order valence-electron chi connectivity index (χ2n) is 4.19. The molecule has 1 aromatic heterocycles. The molecular formula is C13H15F2NO2S. The SMILES string of the molecule is OC(CCOCC(F)F)Cc1nc2ccccc2s1. The number of aromatic nitrogens is 1. The molecule has 0 aliphatic heterocycles. The number of para-hydroxylation sites is 1. The molecule has 104 valence electrons. The molecule has 0 saturated heterocycles. The topological polar surface area (TPSA) is 42.4 Å². The number of alkyl halides is 2. The lowest BCUT2D eigenvalue weighted by Gasteiger charge is -2.08. The molecule has 6 heteroatoms. The average molecular weight is 287 g/mol. The van der Waals surface area contributed by atoms with Crippen molar-refractivity contribution in [3.8, 4) is 0 Å². The molecule has 1 heterocycles. The summed E-state index contributed by atoms with van der Waals surface area (Å²) in [6.07, 6.45) is -2.31. The van der Waals surface area contributed by atoms with E-state index in [0.29, 0.717) is 12.8 Å². The summed E-state index contributed by atoms with van der Waals surface area (Å²) in [7, 11) is 0. The first-order valence-corrected chi connectivity index (χ1v) is 6.85. The zero-order chi connectivity index (χ0) is 13.7. The summed E-state index contributed by atoms with van der Waals surface area (Å²) in [6.45, 7) is -0.440. The lowest BCUT2D eigenvalue weighted by molar-refractivity contribution is 0.00512. The van der Waals surface area contributed by atoms with Crippen LogP contribution in [-0.4, -0.2) is 35.8 Å². The van der Waals surface area contributed by atoms with Crippen molar-refractivity contribution in [3.63, 3.8) is 0 Å². The second-order valence-corrected chi connectivity index (χ2v) is 5.30. The van der Waals surface area contributed by atoms with Gasteiger partial charge >= 0.3 is 0 Å². The van der Waals surface area contributed by atoms with Crippen LogP contribution in [0.5, 0.6) is 0 Å². The maximum Gasteiger partial charge on any atom is 0.261 e. The molecule has 0 aliphatic carbocycles. The van der Waals surface area contributed by atoms with E-state index >= 15 is 0 Å². The van der Waals surface area contributed by atoms with Crippen molar-refractivity contribution in [1.82, 2.24) is 4.98 Å². The van der Waals surface area contributed by atoms with Crippen molar-refractivity contribution in [2.45, 2.75) is 25.4 Å². The highest BCUT2D eigenvalue weighted by atomic mass is 32.1. The second kappa shape index (κ2) is 6.88. The van der Waals surface area contributed by atoms with Crippen molar-refractivity contribution in [1.29, 1.82) is 0 Å². The van der Waals surface area contributed by atoms with Gasteiger partial charge in [-0.1, -0.05) is 12.1 Å². The fraction of sp³-hybridized carbons (Fsp3) is 0.462. The number of hydrogen-bond donors (Lipinski definition) is 1. The maximum atomic E-state index is 11.8. The number of benzene rings is 1. The van der Waals surface area contributed by atoms with Crippen LogP contribution in [0.25, 0.3) is 10.2 Å². The fourth-order valence-corrected chi connectivity index (χ4v) is 2.74. The van der Waals surface area contributed by atoms with E-state index in [9.17, 15) is 13.9 Å². The fourth-order valence-electron chi connectivity index (χ4n) is 1.70. The van der Waals surface area contributed by atoms with Crippen LogP contribution in [-0.2, 0) is 11.2 Å². The van der Waals surface area contributed by atoms with Gasteiger partial charge in [0.05, 0.1) is 21.3 Å². The van der Waals surface area contributed by atoms with Crippen LogP contribution in [0.2, 0.25) is 0 Å². The predicted molar refractivity (Wildman–Crippen MR) is 70.8 cm³/mol. The molecule has 1 N–H and O–H groups in total. The Labute approximate surface area is 113 Å². The van der Waals surface area contributed by atoms with E-state index in [4.69, 9.17) is 4.74 Å². The third-order valence-electron chi connectivity index (χ3n) is 2.59. The van der Waals surface area contributed by atoms with Crippen molar-refractivity contribution < 1.29 is 18.6 Å².